The van der Waals surface area contributed by atoms with Gasteiger partial charge in [0.15, 0.2) is 0 Å². The summed E-state index contributed by atoms with van der Waals surface area (Å²) in [5.74, 6) is 0.975. The number of ether oxygens (including phenoxy) is 2. The smallest absolute Gasteiger partial charge is 0.264 e. The molecule has 1 amide bonds. The number of nitrogens with one attached hydrogen (secondary N) is 2. The highest BCUT2D eigenvalue weighted by atomic mass is 16.5. The van der Waals surface area contributed by atoms with Crippen LogP contribution in [0.1, 0.15) is 21.5 Å². The summed E-state index contributed by atoms with van der Waals surface area (Å²) in [5, 5.41) is 6.09. The third kappa shape index (κ3) is 4.59. The number of hydrogen-bond donors (Lipinski definition) is 2. The van der Waals surface area contributed by atoms with Gasteiger partial charge in [-0.1, -0.05) is 35.9 Å². The first-order chi connectivity index (χ1) is 13.6. The lowest BCUT2D eigenvalue weighted by atomic mass is 10.1. The van der Waals surface area contributed by atoms with Gasteiger partial charge < -0.3 is 20.1 Å². The van der Waals surface area contributed by atoms with Gasteiger partial charge in [-0.15, -0.1) is 0 Å². The van der Waals surface area contributed by atoms with Crippen LogP contribution >= 0.6 is 0 Å². The van der Waals surface area contributed by atoms with E-state index in [1.165, 1.54) is 25.3 Å². The Kier molecular flexibility index (Phi) is 6.11. The maximum atomic E-state index is 12.7. The normalized spacial score (nSPS) is 10.2. The van der Waals surface area contributed by atoms with E-state index in [9.17, 15) is 4.79 Å². The molecule has 0 saturated heterocycles. The average Bonchev–Trinajstić information content (AvgIpc) is 2.73. The number of pyridine rings is 1. The van der Waals surface area contributed by atoms with Crippen LogP contribution in [-0.4, -0.2) is 25.1 Å². The average molecular weight is 377 g/mol. The number of hydrogen-bond acceptors (Lipinski definition) is 5. The number of amides is 1. The fourth-order valence-electron chi connectivity index (χ4n) is 2.74. The molecule has 0 unspecified atom stereocenters. The van der Waals surface area contributed by atoms with Crippen molar-refractivity contribution < 1.29 is 14.3 Å². The molecule has 0 fully saturated rings. The molecular formula is C22H23N3O3. The van der Waals surface area contributed by atoms with Crippen LogP contribution in [0.3, 0.4) is 0 Å². The van der Waals surface area contributed by atoms with Gasteiger partial charge in [-0.2, -0.15) is 0 Å². The van der Waals surface area contributed by atoms with E-state index in [1.807, 2.05) is 6.07 Å². The number of benzene rings is 2. The number of carbonyl (C=O) groups is 1. The van der Waals surface area contributed by atoms with Crippen LogP contribution in [0.5, 0.6) is 11.5 Å². The molecule has 0 saturated carbocycles. The number of methoxy groups -OCH3 is 2. The fraction of sp³-hybridized carbons (Fsp3) is 0.182. The molecule has 0 aliphatic carbocycles. The third-order valence-corrected chi connectivity index (χ3v) is 4.28. The Hall–Kier alpha value is -3.54. The summed E-state index contributed by atoms with van der Waals surface area (Å²) in [7, 11) is 3.02. The Balaban J connectivity index is 1.66. The maximum absolute atomic E-state index is 12.7. The third-order valence-electron chi connectivity index (χ3n) is 4.28. The van der Waals surface area contributed by atoms with Crippen LogP contribution in [0.2, 0.25) is 0 Å². The maximum Gasteiger partial charge on any atom is 0.264 e. The lowest BCUT2D eigenvalue weighted by Gasteiger charge is -2.13. The van der Waals surface area contributed by atoms with Crippen LogP contribution in [-0.2, 0) is 6.54 Å². The topological polar surface area (TPSA) is 72.5 Å². The number of rotatable bonds is 7. The highest BCUT2D eigenvalue weighted by Gasteiger charge is 2.18. The zero-order chi connectivity index (χ0) is 19.9. The van der Waals surface area contributed by atoms with Crippen LogP contribution in [0, 0.1) is 6.92 Å². The number of aryl methyl sites for hydroxylation is 1. The predicted octanol–water partition coefficient (Wildman–Crippen LogP) is 4.27. The molecule has 3 aromatic rings. The van der Waals surface area contributed by atoms with E-state index in [0.717, 1.165) is 5.69 Å². The van der Waals surface area contributed by atoms with Crippen molar-refractivity contribution in [3.8, 4) is 11.5 Å². The first-order valence-corrected chi connectivity index (χ1v) is 8.88. The zero-order valence-electron chi connectivity index (χ0n) is 16.2. The zero-order valence-corrected chi connectivity index (χ0v) is 16.2. The molecule has 1 aromatic heterocycles. The van der Waals surface area contributed by atoms with E-state index in [4.69, 9.17) is 9.47 Å². The first-order valence-electron chi connectivity index (χ1n) is 8.88. The Bertz CT molecular complexity index is 916. The van der Waals surface area contributed by atoms with Gasteiger partial charge in [-0.3, -0.25) is 4.79 Å². The van der Waals surface area contributed by atoms with Gasteiger partial charge >= 0.3 is 0 Å². The lowest BCUT2D eigenvalue weighted by molar-refractivity contribution is 0.102. The molecule has 0 spiro atoms. The largest absolute Gasteiger partial charge is 0.496 e. The van der Waals surface area contributed by atoms with Gasteiger partial charge in [-0.05, 0) is 36.8 Å². The molecule has 6 heteroatoms. The summed E-state index contributed by atoms with van der Waals surface area (Å²) in [5.41, 5.74) is 3.62. The Labute approximate surface area is 164 Å². The van der Waals surface area contributed by atoms with Crippen LogP contribution in [0.4, 0.5) is 11.5 Å². The number of aromatic nitrogens is 1. The van der Waals surface area contributed by atoms with Crippen molar-refractivity contribution in [2.45, 2.75) is 13.5 Å². The van der Waals surface area contributed by atoms with Gasteiger partial charge in [0.1, 0.15) is 22.9 Å². The first kappa shape index (κ1) is 19.2. The van der Waals surface area contributed by atoms with Crippen molar-refractivity contribution in [2.24, 2.45) is 0 Å². The lowest BCUT2D eigenvalue weighted by Crippen LogP contribution is -2.15. The van der Waals surface area contributed by atoms with Gasteiger partial charge in [0.2, 0.25) is 0 Å². The molecule has 6 nitrogen and oxygen atoms in total. The van der Waals surface area contributed by atoms with Crippen molar-refractivity contribution in [3.63, 3.8) is 0 Å². The Morgan fingerprint density at radius 2 is 1.64 bits per heavy atom. The van der Waals surface area contributed by atoms with Crippen LogP contribution < -0.4 is 20.1 Å². The molecule has 2 aromatic carbocycles. The molecule has 0 aliphatic rings. The summed E-state index contributed by atoms with van der Waals surface area (Å²) in [4.78, 5) is 17.0. The minimum Gasteiger partial charge on any atom is -0.496 e. The van der Waals surface area contributed by atoms with E-state index in [2.05, 4.69) is 46.8 Å². The standard InChI is InChI=1S/C22H23N3O3/c1-15-7-9-16(10-8-15)13-23-17-11-12-20(24-14-17)25-22(26)21-18(27-2)5-4-6-19(21)28-3/h4-12,14,23H,13H2,1-3H3,(H,24,25,26). The molecule has 1 heterocycles. The number of anilines is 2. The highest BCUT2D eigenvalue weighted by Crippen LogP contribution is 2.28. The van der Waals surface area contributed by atoms with Crippen molar-refractivity contribution in [2.75, 3.05) is 24.9 Å². The molecule has 28 heavy (non-hydrogen) atoms. The molecule has 0 atom stereocenters. The van der Waals surface area contributed by atoms with E-state index >= 15 is 0 Å². The molecule has 3 rings (SSSR count). The molecule has 144 valence electrons. The minimum atomic E-state index is -0.345. The van der Waals surface area contributed by atoms with E-state index in [0.29, 0.717) is 29.4 Å². The summed E-state index contributed by atoms with van der Waals surface area (Å²) in [6.07, 6.45) is 1.68. The minimum absolute atomic E-state index is 0.330. The van der Waals surface area contributed by atoms with E-state index in [1.54, 1.807) is 30.5 Å². The second-order valence-corrected chi connectivity index (χ2v) is 6.26. The molecule has 0 bridgehead atoms. The van der Waals surface area contributed by atoms with Crippen molar-refractivity contribution >= 4 is 17.4 Å². The molecule has 2 N–H and O–H groups in total. The van der Waals surface area contributed by atoms with E-state index in [-0.39, 0.29) is 5.91 Å². The SMILES string of the molecule is COc1cccc(OC)c1C(=O)Nc1ccc(NCc2ccc(C)cc2)cn1. The Morgan fingerprint density at radius 3 is 2.21 bits per heavy atom. The van der Waals surface area contributed by atoms with Gasteiger partial charge in [0, 0.05) is 6.54 Å². The van der Waals surface area contributed by atoms with E-state index < -0.39 is 0 Å². The van der Waals surface area contributed by atoms with Gasteiger partial charge in [0.25, 0.3) is 5.91 Å². The second kappa shape index (κ2) is 8.90. The van der Waals surface area contributed by atoms with Crippen molar-refractivity contribution in [3.05, 3.63) is 77.5 Å². The molecule has 0 aliphatic heterocycles. The summed E-state index contributed by atoms with van der Waals surface area (Å²) < 4.78 is 10.6. The molecular weight excluding hydrogens is 354 g/mol. The number of carbonyl (C=O) groups excluding carboxylic acids is 1. The quantitative estimate of drug-likeness (QED) is 0.643. The monoisotopic (exact) mass is 377 g/mol. The van der Waals surface area contributed by atoms with Gasteiger partial charge in [0.05, 0.1) is 26.1 Å². The summed E-state index contributed by atoms with van der Waals surface area (Å²) in [6, 6.07) is 17.1. The van der Waals surface area contributed by atoms with Gasteiger partial charge in [-0.25, -0.2) is 4.98 Å². The van der Waals surface area contributed by atoms with Crippen molar-refractivity contribution in [1.29, 1.82) is 0 Å². The predicted molar refractivity (Wildman–Crippen MR) is 110 cm³/mol. The molecule has 0 radical (unpaired) electrons. The van der Waals surface area contributed by atoms with Crippen LogP contribution in [0.25, 0.3) is 0 Å². The van der Waals surface area contributed by atoms with Crippen molar-refractivity contribution in [1.82, 2.24) is 4.98 Å². The Morgan fingerprint density at radius 1 is 0.964 bits per heavy atom. The summed E-state index contributed by atoms with van der Waals surface area (Å²) >= 11 is 0. The summed E-state index contributed by atoms with van der Waals surface area (Å²) in [6.45, 7) is 2.76. The van der Waals surface area contributed by atoms with Crippen LogP contribution in [0.15, 0.2) is 60.8 Å². The highest BCUT2D eigenvalue weighted by molar-refractivity contribution is 6.07. The fourth-order valence-corrected chi connectivity index (χ4v) is 2.74. The second-order valence-electron chi connectivity index (χ2n) is 6.26. The number of nitrogens with zero attached hydrogens (tertiary/aromatic N) is 1.